The fourth-order valence-electron chi connectivity index (χ4n) is 0.556. The van der Waals surface area contributed by atoms with Gasteiger partial charge >= 0.3 is 0 Å². The summed E-state index contributed by atoms with van der Waals surface area (Å²) < 4.78 is 0. The van der Waals surface area contributed by atoms with Crippen LogP contribution in [0.15, 0.2) is 17.4 Å². The van der Waals surface area contributed by atoms with Crippen LogP contribution < -0.4 is 5.43 Å². The zero-order valence-electron chi connectivity index (χ0n) is 5.31. The van der Waals surface area contributed by atoms with Crippen molar-refractivity contribution in [2.24, 2.45) is 5.22 Å². The molecular weight excluding hydrogens is 187 g/mol. The summed E-state index contributed by atoms with van der Waals surface area (Å²) in [6.45, 7) is 0. The Morgan fingerprint density at radius 3 is 2.73 bits per heavy atom. The molecule has 0 amide bonds. The minimum absolute atomic E-state index is 0.202. The van der Waals surface area contributed by atoms with E-state index in [2.05, 4.69) is 15.6 Å². The third-order valence-corrected chi connectivity index (χ3v) is 1.49. The second kappa shape index (κ2) is 3.50. The van der Waals surface area contributed by atoms with Crippen LogP contribution in [0.5, 0.6) is 0 Å². The van der Waals surface area contributed by atoms with Crippen LogP contribution in [0.4, 0.5) is 5.69 Å². The molecule has 1 heterocycles. The number of halogens is 2. The Morgan fingerprint density at radius 1 is 1.45 bits per heavy atom. The Morgan fingerprint density at radius 2 is 2.18 bits per heavy atom. The van der Waals surface area contributed by atoms with E-state index in [4.69, 9.17) is 28.7 Å². The molecule has 1 aromatic rings. The number of rotatable bonds is 2. The third-order valence-electron chi connectivity index (χ3n) is 0.991. The van der Waals surface area contributed by atoms with E-state index in [-0.39, 0.29) is 5.15 Å². The van der Waals surface area contributed by atoms with Crippen LogP contribution in [0.25, 0.3) is 0 Å². The van der Waals surface area contributed by atoms with Crippen molar-refractivity contribution >= 4 is 28.9 Å². The van der Waals surface area contributed by atoms with E-state index >= 15 is 0 Å². The molecule has 4 nitrogen and oxygen atoms in total. The highest BCUT2D eigenvalue weighted by Gasteiger charge is 1.99. The van der Waals surface area contributed by atoms with E-state index in [0.717, 1.165) is 0 Å². The summed E-state index contributed by atoms with van der Waals surface area (Å²) in [5.41, 5.74) is 9.29. The van der Waals surface area contributed by atoms with Crippen molar-refractivity contribution in [3.8, 4) is 0 Å². The highest BCUT2D eigenvalue weighted by atomic mass is 35.5. The van der Waals surface area contributed by atoms with Crippen molar-refractivity contribution in [1.82, 2.24) is 4.98 Å². The number of nitrogens with one attached hydrogen (secondary N) is 2. The largest absolute Gasteiger partial charge is 0.257 e. The number of aromatic nitrogens is 1. The molecule has 11 heavy (non-hydrogen) atoms. The van der Waals surface area contributed by atoms with Crippen molar-refractivity contribution in [3.05, 3.63) is 22.4 Å². The van der Waals surface area contributed by atoms with Crippen molar-refractivity contribution in [2.75, 3.05) is 5.43 Å². The van der Waals surface area contributed by atoms with Gasteiger partial charge in [0.1, 0.15) is 5.15 Å². The summed E-state index contributed by atoms with van der Waals surface area (Å²) in [5, 5.41) is 3.44. The molecule has 0 fully saturated rings. The van der Waals surface area contributed by atoms with Gasteiger partial charge in [-0.05, 0) is 12.1 Å². The summed E-state index contributed by atoms with van der Waals surface area (Å²) >= 11 is 11.1. The summed E-state index contributed by atoms with van der Waals surface area (Å²) in [4.78, 5) is 3.72. The molecule has 1 rings (SSSR count). The second-order valence-corrected chi connectivity index (χ2v) is 2.44. The van der Waals surface area contributed by atoms with Crippen LogP contribution in [-0.2, 0) is 0 Å². The van der Waals surface area contributed by atoms with Gasteiger partial charge < -0.3 is 0 Å². The van der Waals surface area contributed by atoms with E-state index in [9.17, 15) is 0 Å². The van der Waals surface area contributed by atoms with E-state index in [1.54, 1.807) is 12.1 Å². The Bertz CT molecular complexity index is 275. The molecular formula is C5H4Cl2N4. The predicted molar refractivity (Wildman–Crippen MR) is 43.0 cm³/mol. The van der Waals surface area contributed by atoms with Gasteiger partial charge in [0.25, 0.3) is 0 Å². The first kappa shape index (κ1) is 8.23. The van der Waals surface area contributed by atoms with E-state index in [1.165, 1.54) is 0 Å². The maximum atomic E-state index is 6.48. The lowest BCUT2D eigenvalue weighted by Crippen LogP contribution is -1.88. The summed E-state index contributed by atoms with van der Waals surface area (Å²) in [5.74, 6) is 0. The lowest BCUT2D eigenvalue weighted by atomic mass is 10.4. The van der Waals surface area contributed by atoms with Gasteiger partial charge in [-0.1, -0.05) is 28.4 Å². The number of hydrogen-bond acceptors (Lipinski definition) is 3. The molecule has 58 valence electrons. The number of pyridine rings is 1. The van der Waals surface area contributed by atoms with Crippen molar-refractivity contribution in [3.63, 3.8) is 0 Å². The molecule has 1 aromatic heterocycles. The molecule has 2 N–H and O–H groups in total. The minimum atomic E-state index is 0.202. The molecule has 0 saturated heterocycles. The van der Waals surface area contributed by atoms with Gasteiger partial charge in [0.05, 0.1) is 5.69 Å². The maximum Gasteiger partial charge on any atom is 0.155 e. The maximum absolute atomic E-state index is 6.48. The topological polar surface area (TPSA) is 61.1 Å². The highest BCUT2D eigenvalue weighted by Crippen LogP contribution is 2.20. The molecule has 0 bridgehead atoms. The summed E-state index contributed by atoms with van der Waals surface area (Å²) in [7, 11) is 0. The smallest absolute Gasteiger partial charge is 0.155 e. The Hall–Kier alpha value is -0.870. The third kappa shape index (κ3) is 2.03. The van der Waals surface area contributed by atoms with Crippen LogP contribution in [-0.4, -0.2) is 4.98 Å². The SMILES string of the molecule is N=NNc1ccc(Cl)nc1Cl. The Balaban J connectivity index is 2.98. The van der Waals surface area contributed by atoms with Crippen LogP contribution in [0.2, 0.25) is 10.3 Å². The number of anilines is 1. The molecule has 6 heteroatoms. The second-order valence-electron chi connectivity index (χ2n) is 1.70. The Kier molecular flexibility index (Phi) is 2.62. The van der Waals surface area contributed by atoms with Crippen LogP contribution in [0.1, 0.15) is 0 Å². The zero-order valence-corrected chi connectivity index (χ0v) is 6.82. The van der Waals surface area contributed by atoms with E-state index in [0.29, 0.717) is 10.8 Å². The fourth-order valence-corrected chi connectivity index (χ4v) is 0.943. The molecule has 0 aliphatic carbocycles. The van der Waals surface area contributed by atoms with Crippen LogP contribution in [0.3, 0.4) is 0 Å². The van der Waals surface area contributed by atoms with Gasteiger partial charge in [0, 0.05) is 0 Å². The minimum Gasteiger partial charge on any atom is -0.257 e. The quantitative estimate of drug-likeness (QED) is 0.428. The average molecular weight is 191 g/mol. The number of nitrogens with zero attached hydrogens (tertiary/aromatic N) is 2. The van der Waals surface area contributed by atoms with Crippen molar-refractivity contribution in [2.45, 2.75) is 0 Å². The van der Waals surface area contributed by atoms with Gasteiger partial charge in [-0.2, -0.15) is 5.53 Å². The lowest BCUT2D eigenvalue weighted by Gasteiger charge is -1.99. The average Bonchev–Trinajstić information content (AvgIpc) is 1.95. The molecule has 0 radical (unpaired) electrons. The molecule has 0 atom stereocenters. The molecule has 0 aliphatic heterocycles. The summed E-state index contributed by atoms with van der Waals surface area (Å²) in [6, 6.07) is 3.15. The standard InChI is InChI=1S/C5H4Cl2N4/c6-4-2-1-3(10-11-8)5(7)9-4/h1-2H,(H2,8,10). The lowest BCUT2D eigenvalue weighted by molar-refractivity contribution is 1.05. The van der Waals surface area contributed by atoms with Gasteiger partial charge in [0.15, 0.2) is 5.15 Å². The van der Waals surface area contributed by atoms with Crippen molar-refractivity contribution < 1.29 is 0 Å². The zero-order chi connectivity index (χ0) is 8.27. The number of hydrogen-bond donors (Lipinski definition) is 2. The van der Waals surface area contributed by atoms with E-state index in [1.807, 2.05) is 0 Å². The van der Waals surface area contributed by atoms with Crippen LogP contribution in [0, 0.1) is 5.53 Å². The molecule has 0 unspecified atom stereocenters. The van der Waals surface area contributed by atoms with Gasteiger partial charge in [-0.3, -0.25) is 5.43 Å². The normalized spacial score (nSPS) is 9.27. The predicted octanol–water partition coefficient (Wildman–Crippen LogP) is 2.75. The molecule has 0 spiro atoms. The first-order valence-corrected chi connectivity index (χ1v) is 3.44. The summed E-state index contributed by atoms with van der Waals surface area (Å²) in [6.07, 6.45) is 0. The van der Waals surface area contributed by atoms with Gasteiger partial charge in [-0.25, -0.2) is 4.98 Å². The first-order valence-electron chi connectivity index (χ1n) is 2.68. The molecule has 0 aliphatic rings. The fraction of sp³-hybridized carbons (Fsp3) is 0. The molecule has 0 aromatic carbocycles. The van der Waals surface area contributed by atoms with Crippen molar-refractivity contribution in [1.29, 1.82) is 5.53 Å². The van der Waals surface area contributed by atoms with E-state index < -0.39 is 0 Å². The highest BCUT2D eigenvalue weighted by molar-refractivity contribution is 6.34. The Labute approximate surface area is 73.0 Å². The monoisotopic (exact) mass is 190 g/mol. The van der Waals surface area contributed by atoms with Gasteiger partial charge in [0.2, 0.25) is 0 Å². The van der Waals surface area contributed by atoms with Crippen LogP contribution >= 0.6 is 23.2 Å². The molecule has 0 saturated carbocycles. The van der Waals surface area contributed by atoms with Gasteiger partial charge in [-0.15, -0.1) is 0 Å². The first-order chi connectivity index (χ1) is 5.24.